The summed E-state index contributed by atoms with van der Waals surface area (Å²) in [5.41, 5.74) is 8.40. The first-order valence-electron chi connectivity index (χ1n) is 9.65. The van der Waals surface area contributed by atoms with Crippen LogP contribution < -0.4 is 10.5 Å². The van der Waals surface area contributed by atoms with Gasteiger partial charge in [-0.3, -0.25) is 0 Å². The zero-order valence-corrected chi connectivity index (χ0v) is 19.1. The van der Waals surface area contributed by atoms with Gasteiger partial charge in [0.25, 0.3) is 0 Å². The third kappa shape index (κ3) is 4.42. The number of anilines is 1. The molecule has 4 rings (SSSR count). The molecule has 0 aliphatic heterocycles. The van der Waals surface area contributed by atoms with Crippen LogP contribution in [0.15, 0.2) is 42.7 Å². The predicted molar refractivity (Wildman–Crippen MR) is 124 cm³/mol. The Bertz CT molecular complexity index is 1430. The largest absolute Gasteiger partial charge is 0.495 e. The van der Waals surface area contributed by atoms with Crippen LogP contribution in [0.3, 0.4) is 0 Å². The number of aromatic nitrogens is 4. The van der Waals surface area contributed by atoms with Gasteiger partial charge in [-0.15, -0.1) is 0 Å². The van der Waals surface area contributed by atoms with Gasteiger partial charge in [-0.25, -0.2) is 19.3 Å². The van der Waals surface area contributed by atoms with Crippen molar-refractivity contribution in [1.82, 2.24) is 19.6 Å². The van der Waals surface area contributed by atoms with E-state index in [1.165, 1.54) is 18.0 Å². The number of ether oxygens (including phenoxy) is 2. The molecule has 0 fully saturated rings. The molecule has 0 aliphatic rings. The van der Waals surface area contributed by atoms with Gasteiger partial charge < -0.3 is 15.2 Å². The van der Waals surface area contributed by atoms with E-state index in [-0.39, 0.29) is 34.5 Å². The number of hydrogen-bond acceptors (Lipinski definition) is 7. The van der Waals surface area contributed by atoms with E-state index in [9.17, 15) is 4.79 Å². The molecule has 0 saturated heterocycles. The van der Waals surface area contributed by atoms with Crippen molar-refractivity contribution in [3.63, 3.8) is 0 Å². The number of nitrogen functional groups attached to an aromatic ring is 1. The van der Waals surface area contributed by atoms with Crippen molar-refractivity contribution in [3.05, 3.63) is 81.0 Å². The third-order valence-electron chi connectivity index (χ3n) is 4.73. The summed E-state index contributed by atoms with van der Waals surface area (Å²) >= 11 is 12.8. The molecule has 2 aromatic heterocycles. The highest BCUT2D eigenvalue weighted by Crippen LogP contribution is 2.35. The molecule has 166 valence electrons. The summed E-state index contributed by atoms with van der Waals surface area (Å²) in [4.78, 5) is 21.0. The van der Waals surface area contributed by atoms with Crippen molar-refractivity contribution in [2.24, 2.45) is 0 Å². The summed E-state index contributed by atoms with van der Waals surface area (Å²) < 4.78 is 11.9. The highest BCUT2D eigenvalue weighted by molar-refractivity contribution is 6.38. The van der Waals surface area contributed by atoms with E-state index >= 15 is 0 Å². The minimum Gasteiger partial charge on any atom is -0.495 e. The number of rotatable bonds is 4. The first-order valence-corrected chi connectivity index (χ1v) is 10.4. The third-order valence-corrected chi connectivity index (χ3v) is 5.59. The Morgan fingerprint density at radius 1 is 1.18 bits per heavy atom. The molecule has 0 radical (unpaired) electrons. The van der Waals surface area contributed by atoms with E-state index in [2.05, 4.69) is 26.9 Å². The summed E-state index contributed by atoms with van der Waals surface area (Å²) in [6.07, 6.45) is 1.22. The fourth-order valence-corrected chi connectivity index (χ4v) is 3.60. The van der Waals surface area contributed by atoms with Gasteiger partial charge in [-0.05, 0) is 30.0 Å². The van der Waals surface area contributed by atoms with Crippen LogP contribution in [0, 0.1) is 18.8 Å². The number of hydrogen-bond donors (Lipinski definition) is 1. The lowest BCUT2D eigenvalue weighted by molar-refractivity contribution is 0.0455. The molecule has 0 unspecified atom stereocenters. The maximum Gasteiger partial charge on any atom is 0.376 e. The molecule has 4 aromatic rings. The maximum atomic E-state index is 12.8. The molecule has 10 heteroatoms. The number of carbonyl (C=O) groups is 1. The second-order valence-corrected chi connectivity index (χ2v) is 7.66. The average Bonchev–Trinajstić information content (AvgIpc) is 3.20. The van der Waals surface area contributed by atoms with Crippen molar-refractivity contribution < 1.29 is 14.3 Å². The van der Waals surface area contributed by atoms with Crippen LogP contribution in [0.2, 0.25) is 10.0 Å². The maximum absolute atomic E-state index is 12.8. The monoisotopic (exact) mass is 481 g/mol. The van der Waals surface area contributed by atoms with Gasteiger partial charge in [0.15, 0.2) is 5.82 Å². The molecule has 8 nitrogen and oxygen atoms in total. The van der Waals surface area contributed by atoms with Gasteiger partial charge in [0, 0.05) is 0 Å². The molecule has 33 heavy (non-hydrogen) atoms. The van der Waals surface area contributed by atoms with Crippen molar-refractivity contribution in [3.8, 4) is 17.6 Å². The Morgan fingerprint density at radius 2 is 1.94 bits per heavy atom. The first kappa shape index (κ1) is 22.4. The summed E-state index contributed by atoms with van der Waals surface area (Å²) in [5.74, 6) is 5.55. The molecule has 0 spiro atoms. The SMILES string of the molecule is COc1cc(C)c(Cl)c(C#Cc2nc(C(=O)OCc3ccccc3)n3ncnc(N)c23)c1Cl. The number of nitrogens with zero attached hydrogens (tertiary/aromatic N) is 4. The molecule has 0 bridgehead atoms. The topological polar surface area (TPSA) is 105 Å². The number of esters is 1. The summed E-state index contributed by atoms with van der Waals surface area (Å²) in [6, 6.07) is 11.0. The fourth-order valence-electron chi connectivity index (χ4n) is 3.08. The zero-order valence-electron chi connectivity index (χ0n) is 17.6. The molecular weight excluding hydrogens is 465 g/mol. The Labute approximate surface area is 199 Å². The molecular formula is C23H17Cl2N5O3. The highest BCUT2D eigenvalue weighted by Gasteiger charge is 2.22. The van der Waals surface area contributed by atoms with E-state index in [1.54, 1.807) is 6.07 Å². The van der Waals surface area contributed by atoms with Crippen molar-refractivity contribution >= 4 is 40.5 Å². The zero-order chi connectivity index (χ0) is 23.5. The fraction of sp³-hybridized carbons (Fsp3) is 0.130. The normalized spacial score (nSPS) is 10.5. The number of aryl methyl sites for hydroxylation is 1. The quantitative estimate of drug-likeness (QED) is 0.345. The lowest BCUT2D eigenvalue weighted by Gasteiger charge is -2.09. The van der Waals surface area contributed by atoms with Crippen molar-refractivity contribution in [2.75, 3.05) is 12.8 Å². The number of methoxy groups -OCH3 is 1. The van der Waals surface area contributed by atoms with Gasteiger partial charge >= 0.3 is 5.97 Å². The van der Waals surface area contributed by atoms with Crippen LogP contribution in [-0.4, -0.2) is 32.7 Å². The minimum atomic E-state index is -0.687. The Morgan fingerprint density at radius 3 is 2.67 bits per heavy atom. The molecule has 2 aromatic carbocycles. The van der Waals surface area contributed by atoms with Gasteiger partial charge in [-0.1, -0.05) is 59.5 Å². The summed E-state index contributed by atoms with van der Waals surface area (Å²) in [6.45, 7) is 1.88. The van der Waals surface area contributed by atoms with Crippen molar-refractivity contribution in [1.29, 1.82) is 0 Å². The summed E-state index contributed by atoms with van der Waals surface area (Å²) in [5, 5.41) is 4.73. The second-order valence-electron chi connectivity index (χ2n) is 6.90. The Balaban J connectivity index is 1.76. The smallest absolute Gasteiger partial charge is 0.376 e. The Kier molecular flexibility index (Phi) is 6.36. The van der Waals surface area contributed by atoms with Crippen LogP contribution in [0.1, 0.15) is 33.0 Å². The van der Waals surface area contributed by atoms with E-state index in [1.807, 2.05) is 37.3 Å². The van der Waals surface area contributed by atoms with E-state index < -0.39 is 5.97 Å². The van der Waals surface area contributed by atoms with E-state index in [0.717, 1.165) is 11.1 Å². The average molecular weight is 482 g/mol. The number of halogens is 2. The van der Waals surface area contributed by atoms with Crippen LogP contribution in [0.5, 0.6) is 5.75 Å². The van der Waals surface area contributed by atoms with Crippen LogP contribution in [-0.2, 0) is 11.3 Å². The van der Waals surface area contributed by atoms with Crippen molar-refractivity contribution in [2.45, 2.75) is 13.5 Å². The Hall–Kier alpha value is -3.80. The number of imidazole rings is 1. The standard InChI is InChI=1S/C23H17Cl2N5O3/c1-13-10-17(32-2)19(25)15(18(13)24)8-9-16-20-21(26)27-12-28-30(20)22(29-16)23(31)33-11-14-6-4-3-5-7-14/h3-7,10,12H,11H2,1-2H3,(H2,26,27,28). The minimum absolute atomic E-state index is 0.0739. The molecule has 0 amide bonds. The van der Waals surface area contributed by atoms with Gasteiger partial charge in [0.1, 0.15) is 29.9 Å². The lowest BCUT2D eigenvalue weighted by atomic mass is 10.1. The lowest BCUT2D eigenvalue weighted by Crippen LogP contribution is -2.12. The van der Waals surface area contributed by atoms with Gasteiger partial charge in [-0.2, -0.15) is 5.10 Å². The number of benzene rings is 2. The molecule has 2 N–H and O–H groups in total. The second kappa shape index (κ2) is 9.36. The van der Waals surface area contributed by atoms with Gasteiger partial charge in [0.05, 0.1) is 22.7 Å². The number of fused-ring (bicyclic) bond motifs is 1. The van der Waals surface area contributed by atoms with E-state index in [0.29, 0.717) is 16.3 Å². The van der Waals surface area contributed by atoms with Crippen LogP contribution in [0.4, 0.5) is 5.82 Å². The first-order chi connectivity index (χ1) is 15.9. The van der Waals surface area contributed by atoms with Crippen LogP contribution in [0.25, 0.3) is 5.52 Å². The number of nitrogens with two attached hydrogens (primary N) is 1. The van der Waals surface area contributed by atoms with Gasteiger partial charge in [0.2, 0.25) is 5.82 Å². The molecule has 0 atom stereocenters. The molecule has 0 saturated carbocycles. The highest BCUT2D eigenvalue weighted by atomic mass is 35.5. The molecule has 2 heterocycles. The van der Waals surface area contributed by atoms with E-state index in [4.69, 9.17) is 38.4 Å². The van der Waals surface area contributed by atoms with Crippen LogP contribution >= 0.6 is 23.2 Å². The number of carbonyl (C=O) groups excluding carboxylic acids is 1. The molecule has 0 aliphatic carbocycles. The summed E-state index contributed by atoms with van der Waals surface area (Å²) in [7, 11) is 1.50. The predicted octanol–water partition coefficient (Wildman–Crippen LogP) is 4.09.